The Kier molecular flexibility index (Phi) is 4.35. The average molecular weight is 183 g/mol. The largest absolute Gasteiger partial charge is 0.312 e. The lowest BCUT2D eigenvalue weighted by Crippen LogP contribution is -2.06. The van der Waals surface area contributed by atoms with Gasteiger partial charge in [0.05, 0.1) is 6.07 Å². The fourth-order valence-electron chi connectivity index (χ4n) is 0.938. The average Bonchev–Trinajstić information content (AvgIpc) is 2.03. The Morgan fingerprint density at radius 2 is 2.17 bits per heavy atom. The molecule has 0 aliphatic rings. The Balaban J connectivity index is 0.00000121. The van der Waals surface area contributed by atoms with Gasteiger partial charge in [0, 0.05) is 0 Å². The van der Waals surface area contributed by atoms with Crippen molar-refractivity contribution in [2.75, 3.05) is 0 Å². The lowest BCUT2D eigenvalue weighted by molar-refractivity contribution is 0.924. The third-order valence-corrected chi connectivity index (χ3v) is 1.54. The first-order valence-electron chi connectivity index (χ1n) is 3.46. The van der Waals surface area contributed by atoms with Crippen LogP contribution in [0.25, 0.3) is 0 Å². The highest BCUT2D eigenvalue weighted by Gasteiger charge is 2.01. The van der Waals surface area contributed by atoms with Gasteiger partial charge in [0.25, 0.3) is 0 Å². The van der Waals surface area contributed by atoms with E-state index in [1.54, 1.807) is 0 Å². The molecule has 0 aliphatic heterocycles. The fourth-order valence-corrected chi connectivity index (χ4v) is 0.938. The molecule has 0 aliphatic carbocycles. The Morgan fingerprint density at radius 3 is 2.67 bits per heavy atom. The van der Waals surface area contributed by atoms with Crippen LogP contribution < -0.4 is 5.73 Å². The van der Waals surface area contributed by atoms with E-state index in [0.29, 0.717) is 0 Å². The molecular weight excluding hydrogens is 172 g/mol. The van der Waals surface area contributed by atoms with Crippen molar-refractivity contribution in [2.24, 2.45) is 5.73 Å². The van der Waals surface area contributed by atoms with E-state index in [1.807, 2.05) is 37.3 Å². The minimum atomic E-state index is -0.491. The SMILES string of the molecule is Cc1cccc(C(N)C#N)c1.Cl. The van der Waals surface area contributed by atoms with E-state index in [2.05, 4.69) is 0 Å². The van der Waals surface area contributed by atoms with Crippen molar-refractivity contribution >= 4 is 12.4 Å². The first kappa shape index (κ1) is 11.0. The number of rotatable bonds is 1. The molecule has 0 spiro atoms. The number of hydrogen-bond acceptors (Lipinski definition) is 2. The number of nitrogens with two attached hydrogens (primary N) is 1. The first-order valence-corrected chi connectivity index (χ1v) is 3.46. The van der Waals surface area contributed by atoms with Gasteiger partial charge in [0.1, 0.15) is 6.04 Å². The second-order valence-electron chi connectivity index (χ2n) is 2.52. The second kappa shape index (κ2) is 4.76. The third kappa shape index (κ3) is 2.54. The Morgan fingerprint density at radius 1 is 1.50 bits per heavy atom. The summed E-state index contributed by atoms with van der Waals surface area (Å²) in [5.41, 5.74) is 7.52. The van der Waals surface area contributed by atoms with Crippen molar-refractivity contribution < 1.29 is 0 Å². The highest BCUT2D eigenvalue weighted by atomic mass is 35.5. The summed E-state index contributed by atoms with van der Waals surface area (Å²) in [5.74, 6) is 0. The Labute approximate surface area is 78.4 Å². The minimum absolute atomic E-state index is 0. The number of nitrogens with zero attached hydrogens (tertiary/aromatic N) is 1. The lowest BCUT2D eigenvalue weighted by Gasteiger charge is -2.02. The summed E-state index contributed by atoms with van der Waals surface area (Å²) in [4.78, 5) is 0. The fraction of sp³-hybridized carbons (Fsp3) is 0.222. The summed E-state index contributed by atoms with van der Waals surface area (Å²) in [5, 5.41) is 8.50. The van der Waals surface area contributed by atoms with Crippen LogP contribution in [0.5, 0.6) is 0 Å². The molecule has 0 saturated carbocycles. The van der Waals surface area contributed by atoms with E-state index in [4.69, 9.17) is 11.0 Å². The number of hydrogen-bond donors (Lipinski definition) is 1. The molecule has 0 radical (unpaired) electrons. The summed E-state index contributed by atoms with van der Waals surface area (Å²) < 4.78 is 0. The zero-order chi connectivity index (χ0) is 8.27. The molecule has 64 valence electrons. The minimum Gasteiger partial charge on any atom is -0.312 e. The van der Waals surface area contributed by atoms with Crippen LogP contribution in [-0.4, -0.2) is 0 Å². The normalized spacial score (nSPS) is 11.1. The van der Waals surface area contributed by atoms with Gasteiger partial charge in [-0.3, -0.25) is 0 Å². The highest BCUT2D eigenvalue weighted by molar-refractivity contribution is 5.85. The Hall–Kier alpha value is -1.04. The second-order valence-corrected chi connectivity index (χ2v) is 2.52. The zero-order valence-corrected chi connectivity index (χ0v) is 7.64. The van der Waals surface area contributed by atoms with E-state index in [9.17, 15) is 0 Å². The predicted molar refractivity (Wildman–Crippen MR) is 51.0 cm³/mol. The molecule has 3 heteroatoms. The zero-order valence-electron chi connectivity index (χ0n) is 6.82. The molecule has 12 heavy (non-hydrogen) atoms. The van der Waals surface area contributed by atoms with E-state index in [0.717, 1.165) is 11.1 Å². The van der Waals surface area contributed by atoms with Gasteiger partial charge in [-0.1, -0.05) is 29.8 Å². The van der Waals surface area contributed by atoms with Crippen LogP contribution >= 0.6 is 12.4 Å². The van der Waals surface area contributed by atoms with Crippen molar-refractivity contribution in [3.05, 3.63) is 35.4 Å². The van der Waals surface area contributed by atoms with E-state index in [-0.39, 0.29) is 12.4 Å². The van der Waals surface area contributed by atoms with Gasteiger partial charge in [-0.05, 0) is 12.5 Å². The van der Waals surface area contributed by atoms with Gasteiger partial charge < -0.3 is 5.73 Å². The number of nitriles is 1. The number of aryl methyl sites for hydroxylation is 1. The van der Waals surface area contributed by atoms with E-state index in [1.165, 1.54) is 0 Å². The molecular formula is C9H11ClN2. The summed E-state index contributed by atoms with van der Waals surface area (Å²) in [7, 11) is 0. The molecule has 1 rings (SSSR count). The van der Waals surface area contributed by atoms with Gasteiger partial charge in [-0.15, -0.1) is 12.4 Å². The van der Waals surface area contributed by atoms with Gasteiger partial charge >= 0.3 is 0 Å². The van der Waals surface area contributed by atoms with Gasteiger partial charge in [0.15, 0.2) is 0 Å². The molecule has 1 aromatic carbocycles. The topological polar surface area (TPSA) is 49.8 Å². The molecule has 0 bridgehead atoms. The molecule has 0 saturated heterocycles. The van der Waals surface area contributed by atoms with E-state index < -0.39 is 6.04 Å². The summed E-state index contributed by atoms with van der Waals surface area (Å²) in [6.45, 7) is 1.98. The van der Waals surface area contributed by atoms with Crippen LogP contribution in [0.15, 0.2) is 24.3 Å². The van der Waals surface area contributed by atoms with Crippen molar-refractivity contribution in [2.45, 2.75) is 13.0 Å². The predicted octanol–water partition coefficient (Wildman–Crippen LogP) is 1.94. The molecule has 0 heterocycles. The summed E-state index contributed by atoms with van der Waals surface area (Å²) in [6, 6.07) is 9.17. The monoisotopic (exact) mass is 182 g/mol. The molecule has 2 nitrogen and oxygen atoms in total. The number of halogens is 1. The van der Waals surface area contributed by atoms with Gasteiger partial charge in [0.2, 0.25) is 0 Å². The van der Waals surface area contributed by atoms with Crippen molar-refractivity contribution in [3.8, 4) is 6.07 Å². The maximum Gasteiger partial charge on any atom is 0.118 e. The van der Waals surface area contributed by atoms with Crippen LogP contribution in [0.1, 0.15) is 17.2 Å². The Bertz CT molecular complexity index is 291. The standard InChI is InChI=1S/C9H10N2.ClH/c1-7-3-2-4-8(5-7)9(11)6-10;/h2-5,9H,11H2,1H3;1H. The lowest BCUT2D eigenvalue weighted by atomic mass is 10.1. The molecule has 1 aromatic rings. The summed E-state index contributed by atoms with van der Waals surface area (Å²) >= 11 is 0. The third-order valence-electron chi connectivity index (χ3n) is 1.54. The summed E-state index contributed by atoms with van der Waals surface area (Å²) in [6.07, 6.45) is 0. The molecule has 1 atom stereocenters. The quantitative estimate of drug-likeness (QED) is 0.722. The maximum absolute atomic E-state index is 8.50. The smallest absolute Gasteiger partial charge is 0.118 e. The van der Waals surface area contributed by atoms with Gasteiger partial charge in [-0.2, -0.15) is 5.26 Å². The maximum atomic E-state index is 8.50. The number of benzene rings is 1. The molecule has 0 aromatic heterocycles. The molecule has 2 N–H and O–H groups in total. The van der Waals surface area contributed by atoms with Crippen LogP contribution in [0.3, 0.4) is 0 Å². The van der Waals surface area contributed by atoms with Crippen molar-refractivity contribution in [3.63, 3.8) is 0 Å². The van der Waals surface area contributed by atoms with Crippen LogP contribution in [0, 0.1) is 18.3 Å². The molecule has 1 unspecified atom stereocenters. The van der Waals surface area contributed by atoms with E-state index >= 15 is 0 Å². The van der Waals surface area contributed by atoms with Gasteiger partial charge in [-0.25, -0.2) is 0 Å². The highest BCUT2D eigenvalue weighted by Crippen LogP contribution is 2.10. The van der Waals surface area contributed by atoms with Crippen molar-refractivity contribution in [1.29, 1.82) is 5.26 Å². The molecule has 0 amide bonds. The van der Waals surface area contributed by atoms with Crippen LogP contribution in [0.2, 0.25) is 0 Å². The van der Waals surface area contributed by atoms with Crippen molar-refractivity contribution in [1.82, 2.24) is 0 Å². The molecule has 0 fully saturated rings. The van der Waals surface area contributed by atoms with Crippen LogP contribution in [-0.2, 0) is 0 Å². The first-order chi connectivity index (χ1) is 5.24. The van der Waals surface area contributed by atoms with Crippen LogP contribution in [0.4, 0.5) is 0 Å².